The van der Waals surface area contributed by atoms with Crippen LogP contribution >= 0.6 is 0 Å². The standard InChI is InChI=1S/C25H25N3O4/c29-25(18-1-3-20(4-2-18)32-21-7-12-30-13-8-21)24-16-19-15-22(5-6-23(19)27-24)31-14-11-28-10-9-26-17-28/h1-6,9-10,15-17,21,27H,7-8,11-14H2. The number of carbonyl (C=O) groups is 1. The maximum absolute atomic E-state index is 13.0. The molecule has 0 amide bonds. The molecule has 7 nitrogen and oxygen atoms in total. The van der Waals surface area contributed by atoms with E-state index in [-0.39, 0.29) is 11.9 Å². The van der Waals surface area contributed by atoms with Gasteiger partial charge in [0.1, 0.15) is 24.2 Å². The summed E-state index contributed by atoms with van der Waals surface area (Å²) in [5.41, 5.74) is 2.07. The highest BCUT2D eigenvalue weighted by atomic mass is 16.5. The Morgan fingerprint density at radius 2 is 1.91 bits per heavy atom. The Kier molecular flexibility index (Phi) is 5.89. The molecule has 0 spiro atoms. The van der Waals surface area contributed by atoms with Crippen molar-refractivity contribution in [3.05, 3.63) is 78.5 Å². The largest absolute Gasteiger partial charge is 0.492 e. The number of hydrogen-bond donors (Lipinski definition) is 1. The van der Waals surface area contributed by atoms with Crippen LogP contribution in [0.4, 0.5) is 0 Å². The van der Waals surface area contributed by atoms with Gasteiger partial charge in [0.25, 0.3) is 0 Å². The Balaban J connectivity index is 1.23. The van der Waals surface area contributed by atoms with Gasteiger partial charge in [-0.2, -0.15) is 0 Å². The summed E-state index contributed by atoms with van der Waals surface area (Å²) in [4.78, 5) is 20.2. The second kappa shape index (κ2) is 9.28. The smallest absolute Gasteiger partial charge is 0.209 e. The summed E-state index contributed by atoms with van der Waals surface area (Å²) >= 11 is 0. The number of fused-ring (bicyclic) bond motifs is 1. The van der Waals surface area contributed by atoms with Gasteiger partial charge in [-0.25, -0.2) is 4.98 Å². The Hall–Kier alpha value is -3.58. The highest BCUT2D eigenvalue weighted by molar-refractivity contribution is 6.10. The lowest BCUT2D eigenvalue weighted by atomic mass is 10.1. The first-order valence-corrected chi connectivity index (χ1v) is 10.8. The van der Waals surface area contributed by atoms with Gasteiger partial charge in [0.2, 0.25) is 5.78 Å². The molecule has 0 radical (unpaired) electrons. The predicted molar refractivity (Wildman–Crippen MR) is 120 cm³/mol. The fourth-order valence-electron chi connectivity index (χ4n) is 3.84. The number of rotatable bonds is 8. The van der Waals surface area contributed by atoms with Gasteiger partial charge in [-0.15, -0.1) is 0 Å². The zero-order valence-corrected chi connectivity index (χ0v) is 17.7. The lowest BCUT2D eigenvalue weighted by molar-refractivity contribution is 0.0256. The van der Waals surface area contributed by atoms with E-state index in [9.17, 15) is 4.79 Å². The van der Waals surface area contributed by atoms with Gasteiger partial charge in [-0.3, -0.25) is 4.79 Å². The van der Waals surface area contributed by atoms with E-state index in [2.05, 4.69) is 9.97 Å². The van der Waals surface area contributed by atoms with Crippen LogP contribution in [0.3, 0.4) is 0 Å². The maximum Gasteiger partial charge on any atom is 0.209 e. The molecule has 1 aliphatic rings. The van der Waals surface area contributed by atoms with E-state index < -0.39 is 0 Å². The molecule has 3 heterocycles. The molecule has 0 bridgehead atoms. The van der Waals surface area contributed by atoms with Gasteiger partial charge in [-0.1, -0.05) is 0 Å². The summed E-state index contributed by atoms with van der Waals surface area (Å²) in [6.07, 6.45) is 7.38. The van der Waals surface area contributed by atoms with Crippen LogP contribution in [0.5, 0.6) is 11.5 Å². The van der Waals surface area contributed by atoms with E-state index in [0.717, 1.165) is 55.0 Å². The lowest BCUT2D eigenvalue weighted by Gasteiger charge is -2.23. The molecule has 0 aliphatic carbocycles. The van der Waals surface area contributed by atoms with Gasteiger partial charge in [0.15, 0.2) is 0 Å². The molecular weight excluding hydrogens is 406 g/mol. The topological polar surface area (TPSA) is 78.4 Å². The molecule has 4 aromatic rings. The Bertz CT molecular complexity index is 1180. The average molecular weight is 431 g/mol. The highest BCUT2D eigenvalue weighted by Crippen LogP contribution is 2.24. The molecule has 1 saturated heterocycles. The van der Waals surface area contributed by atoms with Gasteiger partial charge in [0, 0.05) is 41.7 Å². The monoisotopic (exact) mass is 431 g/mol. The van der Waals surface area contributed by atoms with E-state index in [1.165, 1.54) is 0 Å². The predicted octanol–water partition coefficient (Wildman–Crippen LogP) is 4.23. The zero-order valence-electron chi connectivity index (χ0n) is 17.7. The molecule has 0 atom stereocenters. The third kappa shape index (κ3) is 4.68. The minimum Gasteiger partial charge on any atom is -0.492 e. The van der Waals surface area contributed by atoms with Crippen LogP contribution in [0.25, 0.3) is 10.9 Å². The number of nitrogens with one attached hydrogen (secondary N) is 1. The molecule has 7 heteroatoms. The summed E-state index contributed by atoms with van der Waals surface area (Å²) < 4.78 is 19.2. The molecule has 1 aliphatic heterocycles. The van der Waals surface area contributed by atoms with Crippen LogP contribution in [0.15, 0.2) is 67.3 Å². The second-order valence-corrected chi connectivity index (χ2v) is 7.86. The van der Waals surface area contributed by atoms with Crippen molar-refractivity contribution in [3.63, 3.8) is 0 Å². The van der Waals surface area contributed by atoms with Crippen molar-refractivity contribution in [3.8, 4) is 11.5 Å². The maximum atomic E-state index is 13.0. The molecule has 0 saturated carbocycles. The first kappa shape index (κ1) is 20.3. The quantitative estimate of drug-likeness (QED) is 0.423. The lowest BCUT2D eigenvalue weighted by Crippen LogP contribution is -2.25. The summed E-state index contributed by atoms with van der Waals surface area (Å²) in [5.74, 6) is 1.49. The number of carbonyl (C=O) groups excluding carboxylic acids is 1. The van der Waals surface area contributed by atoms with Crippen LogP contribution in [0.1, 0.15) is 28.9 Å². The van der Waals surface area contributed by atoms with Gasteiger partial charge < -0.3 is 23.8 Å². The minimum atomic E-state index is -0.0543. The third-order valence-corrected chi connectivity index (χ3v) is 5.60. The normalized spacial score (nSPS) is 14.5. The summed E-state index contributed by atoms with van der Waals surface area (Å²) in [6, 6.07) is 15.0. The Labute approximate surface area is 185 Å². The van der Waals surface area contributed by atoms with Crippen molar-refractivity contribution in [2.75, 3.05) is 19.8 Å². The van der Waals surface area contributed by atoms with Crippen LogP contribution < -0.4 is 9.47 Å². The third-order valence-electron chi connectivity index (χ3n) is 5.60. The number of H-pyrrole nitrogens is 1. The Morgan fingerprint density at radius 3 is 2.69 bits per heavy atom. The number of imidazole rings is 1. The first-order valence-electron chi connectivity index (χ1n) is 10.8. The van der Waals surface area contributed by atoms with Gasteiger partial charge in [0.05, 0.1) is 31.8 Å². The molecule has 5 rings (SSSR count). The van der Waals surface area contributed by atoms with E-state index in [1.807, 2.05) is 59.3 Å². The molecule has 2 aromatic carbocycles. The molecular formula is C25H25N3O4. The van der Waals surface area contributed by atoms with Crippen LogP contribution in [0.2, 0.25) is 0 Å². The van der Waals surface area contributed by atoms with Crippen molar-refractivity contribution >= 4 is 16.7 Å². The fourth-order valence-corrected chi connectivity index (χ4v) is 3.84. The molecule has 164 valence electrons. The van der Waals surface area contributed by atoms with Crippen molar-refractivity contribution in [1.29, 1.82) is 0 Å². The highest BCUT2D eigenvalue weighted by Gasteiger charge is 2.16. The van der Waals surface area contributed by atoms with E-state index in [1.54, 1.807) is 12.5 Å². The number of hydrogen-bond acceptors (Lipinski definition) is 5. The van der Waals surface area contributed by atoms with E-state index in [0.29, 0.717) is 17.9 Å². The van der Waals surface area contributed by atoms with E-state index >= 15 is 0 Å². The Morgan fingerprint density at radius 1 is 1.09 bits per heavy atom. The van der Waals surface area contributed by atoms with Crippen molar-refractivity contribution in [2.45, 2.75) is 25.5 Å². The van der Waals surface area contributed by atoms with Crippen molar-refractivity contribution in [1.82, 2.24) is 14.5 Å². The molecule has 1 fully saturated rings. The first-order chi connectivity index (χ1) is 15.7. The number of aromatic amines is 1. The summed E-state index contributed by atoms with van der Waals surface area (Å²) in [5, 5.41) is 0.938. The van der Waals surface area contributed by atoms with Crippen LogP contribution in [-0.4, -0.2) is 46.2 Å². The van der Waals surface area contributed by atoms with Crippen LogP contribution in [-0.2, 0) is 11.3 Å². The van der Waals surface area contributed by atoms with Gasteiger partial charge in [-0.05, 0) is 48.5 Å². The molecule has 0 unspecified atom stereocenters. The van der Waals surface area contributed by atoms with Crippen LogP contribution in [0, 0.1) is 0 Å². The SMILES string of the molecule is O=C(c1ccc(OC2CCOCC2)cc1)c1cc2cc(OCCn3ccnc3)ccc2[nH]1. The molecule has 1 N–H and O–H groups in total. The zero-order chi connectivity index (χ0) is 21.8. The van der Waals surface area contributed by atoms with Gasteiger partial charge >= 0.3 is 0 Å². The summed E-state index contributed by atoms with van der Waals surface area (Å²) in [6.45, 7) is 2.74. The average Bonchev–Trinajstić information content (AvgIpc) is 3.49. The molecule has 2 aromatic heterocycles. The molecule has 32 heavy (non-hydrogen) atoms. The number of ketones is 1. The second-order valence-electron chi connectivity index (χ2n) is 7.86. The number of aromatic nitrogens is 3. The van der Waals surface area contributed by atoms with Crippen molar-refractivity contribution in [2.24, 2.45) is 0 Å². The van der Waals surface area contributed by atoms with Crippen molar-refractivity contribution < 1.29 is 19.0 Å². The fraction of sp³-hybridized carbons (Fsp3) is 0.280. The van der Waals surface area contributed by atoms with E-state index in [4.69, 9.17) is 14.2 Å². The summed E-state index contributed by atoms with van der Waals surface area (Å²) in [7, 11) is 0. The number of ether oxygens (including phenoxy) is 3. The minimum absolute atomic E-state index is 0.0543. The number of benzene rings is 2. The number of nitrogens with zero attached hydrogens (tertiary/aromatic N) is 2.